The molecule has 1 aromatic rings. The smallest absolute Gasteiger partial charge is 0.266 e. The van der Waals surface area contributed by atoms with Crippen molar-refractivity contribution >= 4 is 23.2 Å². The third-order valence-electron chi connectivity index (χ3n) is 1.00. The van der Waals surface area contributed by atoms with Crippen LogP contribution in [0.2, 0.25) is 0 Å². The fraction of sp³-hybridized carbons (Fsp3) is 0. The number of aromatic nitrogens is 2. The molecule has 58 valence electrons. The molecule has 2 N–H and O–H groups in total. The zero-order valence-electron chi connectivity index (χ0n) is 5.60. The molecule has 5 heteroatoms. The molecule has 0 spiro atoms. The van der Waals surface area contributed by atoms with E-state index in [2.05, 4.69) is 22.1 Å². The average molecular weight is 172 g/mol. The largest absolute Gasteiger partial charge is 0.319 e. The first-order valence-corrected chi connectivity index (χ1v) is 3.22. The van der Waals surface area contributed by atoms with Crippen molar-refractivity contribution in [3.63, 3.8) is 0 Å². The van der Waals surface area contributed by atoms with Gasteiger partial charge in [0.1, 0.15) is 0 Å². The van der Waals surface area contributed by atoms with Gasteiger partial charge in [-0.05, 0) is 0 Å². The van der Waals surface area contributed by atoms with Crippen LogP contribution in [0.4, 0.5) is 5.69 Å². The van der Waals surface area contributed by atoms with Crippen molar-refractivity contribution in [2.24, 2.45) is 0 Å². The van der Waals surface area contributed by atoms with Gasteiger partial charge >= 0.3 is 0 Å². The van der Waals surface area contributed by atoms with Crippen molar-refractivity contribution in [3.8, 4) is 0 Å². The molecule has 0 atom stereocenters. The molecule has 0 aliphatic rings. The second-order valence-electron chi connectivity index (χ2n) is 1.85. The summed E-state index contributed by atoms with van der Waals surface area (Å²) >= 11 is 5.31. The monoisotopic (exact) mass is 171 g/mol. The molecule has 0 saturated heterocycles. The van der Waals surface area contributed by atoms with Gasteiger partial charge in [-0.25, -0.2) is 0 Å². The van der Waals surface area contributed by atoms with E-state index in [1.54, 1.807) is 0 Å². The van der Waals surface area contributed by atoms with Gasteiger partial charge in [-0.3, -0.25) is 9.89 Å². The lowest BCUT2D eigenvalue weighted by molar-refractivity contribution is -0.112. The highest BCUT2D eigenvalue weighted by atomic mass is 35.5. The summed E-state index contributed by atoms with van der Waals surface area (Å²) < 4.78 is 0. The van der Waals surface area contributed by atoms with Crippen LogP contribution in [0.15, 0.2) is 24.0 Å². The third kappa shape index (κ3) is 2.09. The lowest BCUT2D eigenvalue weighted by atomic mass is 10.5. The Morgan fingerprint density at radius 3 is 3.00 bits per heavy atom. The first kappa shape index (κ1) is 7.81. The molecule has 0 bridgehead atoms. The normalized spacial score (nSPS) is 9.18. The predicted octanol–water partition coefficient (Wildman–Crippen LogP) is 1.10. The van der Waals surface area contributed by atoms with Gasteiger partial charge in [0.15, 0.2) is 0 Å². The van der Waals surface area contributed by atoms with Crippen LogP contribution < -0.4 is 5.32 Å². The summed E-state index contributed by atoms with van der Waals surface area (Å²) in [5.74, 6) is -0.423. The number of H-pyrrole nitrogens is 1. The molecule has 1 aromatic heterocycles. The summed E-state index contributed by atoms with van der Waals surface area (Å²) in [6.45, 7) is 3.26. The van der Waals surface area contributed by atoms with Crippen LogP contribution in [-0.2, 0) is 4.79 Å². The molecule has 0 saturated carbocycles. The number of rotatable bonds is 2. The number of aromatic amines is 1. The summed E-state index contributed by atoms with van der Waals surface area (Å²) in [6.07, 6.45) is 3.01. The molecule has 0 unspecified atom stereocenters. The number of nitrogens with zero attached hydrogens (tertiary/aromatic N) is 1. The highest BCUT2D eigenvalue weighted by Gasteiger charge is 2.03. The molecule has 0 aliphatic heterocycles. The maximum absolute atomic E-state index is 10.8. The van der Waals surface area contributed by atoms with E-state index < -0.39 is 5.91 Å². The van der Waals surface area contributed by atoms with Gasteiger partial charge in [0.2, 0.25) is 0 Å². The quantitative estimate of drug-likeness (QED) is 0.655. The van der Waals surface area contributed by atoms with Crippen LogP contribution in [0, 0.1) is 0 Å². The number of anilines is 1. The second kappa shape index (κ2) is 3.21. The Hall–Kier alpha value is -1.29. The number of carbonyl (C=O) groups is 1. The maximum Gasteiger partial charge on any atom is 0.266 e. The number of halogens is 1. The first-order valence-electron chi connectivity index (χ1n) is 2.84. The molecule has 0 fully saturated rings. The molecule has 0 aromatic carbocycles. The minimum Gasteiger partial charge on any atom is -0.319 e. The molecule has 1 heterocycles. The van der Waals surface area contributed by atoms with Crippen LogP contribution in [0.3, 0.4) is 0 Å². The van der Waals surface area contributed by atoms with Gasteiger partial charge in [-0.1, -0.05) is 18.2 Å². The fourth-order valence-corrected chi connectivity index (χ4v) is 0.565. The Kier molecular flexibility index (Phi) is 2.28. The summed E-state index contributed by atoms with van der Waals surface area (Å²) in [4.78, 5) is 10.8. The summed E-state index contributed by atoms with van der Waals surface area (Å²) in [7, 11) is 0. The van der Waals surface area contributed by atoms with Crippen molar-refractivity contribution in [2.75, 3.05) is 5.32 Å². The van der Waals surface area contributed by atoms with Crippen molar-refractivity contribution in [1.29, 1.82) is 0 Å². The SMILES string of the molecule is C=C(Cl)C(=O)Nc1cn[nH]c1. The summed E-state index contributed by atoms with van der Waals surface area (Å²) in [6, 6.07) is 0. The maximum atomic E-state index is 10.8. The highest BCUT2D eigenvalue weighted by molar-refractivity contribution is 6.43. The zero-order chi connectivity index (χ0) is 8.27. The van der Waals surface area contributed by atoms with Crippen LogP contribution >= 0.6 is 11.6 Å². The minimum absolute atomic E-state index is 0.0498. The van der Waals surface area contributed by atoms with E-state index in [0.717, 1.165) is 0 Å². The molecule has 1 amide bonds. The lowest BCUT2D eigenvalue weighted by Crippen LogP contribution is -2.09. The standard InChI is InChI=1S/C6H6ClN3O/c1-4(7)6(11)10-5-2-8-9-3-5/h2-3H,1H2,(H,8,9)(H,10,11). The first-order chi connectivity index (χ1) is 5.20. The van der Waals surface area contributed by atoms with Crippen molar-refractivity contribution in [3.05, 3.63) is 24.0 Å². The van der Waals surface area contributed by atoms with E-state index in [-0.39, 0.29) is 5.03 Å². The fourth-order valence-electron chi connectivity index (χ4n) is 0.518. The Balaban J connectivity index is 2.57. The summed E-state index contributed by atoms with van der Waals surface area (Å²) in [5, 5.41) is 8.57. The van der Waals surface area contributed by atoms with Crippen molar-refractivity contribution in [1.82, 2.24) is 10.2 Å². The molecular weight excluding hydrogens is 166 g/mol. The summed E-state index contributed by atoms with van der Waals surface area (Å²) in [5.41, 5.74) is 0.566. The van der Waals surface area contributed by atoms with E-state index in [9.17, 15) is 4.79 Å². The molecule has 0 aliphatic carbocycles. The number of nitrogens with one attached hydrogen (secondary N) is 2. The topological polar surface area (TPSA) is 57.8 Å². The highest BCUT2D eigenvalue weighted by Crippen LogP contribution is 2.05. The van der Waals surface area contributed by atoms with Crippen LogP contribution in [0.5, 0.6) is 0 Å². The molecule has 0 radical (unpaired) electrons. The molecule has 11 heavy (non-hydrogen) atoms. The molecule has 1 rings (SSSR count). The minimum atomic E-state index is -0.423. The number of hydrogen-bond donors (Lipinski definition) is 2. The predicted molar refractivity (Wildman–Crippen MR) is 42.2 cm³/mol. The Bertz CT molecular complexity index is 267. The van der Waals surface area contributed by atoms with Crippen molar-refractivity contribution < 1.29 is 4.79 Å². The Morgan fingerprint density at radius 1 is 1.82 bits per heavy atom. The van der Waals surface area contributed by atoms with Gasteiger partial charge in [-0.2, -0.15) is 5.10 Å². The number of hydrogen-bond acceptors (Lipinski definition) is 2. The average Bonchev–Trinajstić information content (AvgIpc) is 2.39. The lowest BCUT2D eigenvalue weighted by Gasteiger charge is -1.96. The number of carbonyl (C=O) groups excluding carboxylic acids is 1. The Labute approximate surface area is 68.2 Å². The third-order valence-corrected chi connectivity index (χ3v) is 1.17. The van der Waals surface area contributed by atoms with E-state index >= 15 is 0 Å². The van der Waals surface area contributed by atoms with E-state index in [1.807, 2.05) is 0 Å². The molecule has 4 nitrogen and oxygen atoms in total. The van der Waals surface area contributed by atoms with Gasteiger partial charge in [-0.15, -0.1) is 0 Å². The van der Waals surface area contributed by atoms with Gasteiger partial charge < -0.3 is 5.32 Å². The van der Waals surface area contributed by atoms with Crippen molar-refractivity contribution in [2.45, 2.75) is 0 Å². The zero-order valence-corrected chi connectivity index (χ0v) is 6.35. The van der Waals surface area contributed by atoms with Gasteiger partial charge in [0.25, 0.3) is 5.91 Å². The van der Waals surface area contributed by atoms with Crippen LogP contribution in [0.1, 0.15) is 0 Å². The van der Waals surface area contributed by atoms with Crippen LogP contribution in [0.25, 0.3) is 0 Å². The van der Waals surface area contributed by atoms with Crippen LogP contribution in [-0.4, -0.2) is 16.1 Å². The van der Waals surface area contributed by atoms with Gasteiger partial charge in [0.05, 0.1) is 16.9 Å². The van der Waals surface area contributed by atoms with E-state index in [1.165, 1.54) is 12.4 Å². The number of amides is 1. The molecular formula is C6H6ClN3O. The Morgan fingerprint density at radius 2 is 2.55 bits per heavy atom. The second-order valence-corrected chi connectivity index (χ2v) is 2.30. The van der Waals surface area contributed by atoms with E-state index in [4.69, 9.17) is 11.6 Å². The van der Waals surface area contributed by atoms with Gasteiger partial charge in [0, 0.05) is 6.20 Å². The van der Waals surface area contributed by atoms with E-state index in [0.29, 0.717) is 5.69 Å².